The van der Waals surface area contributed by atoms with Gasteiger partial charge in [-0.3, -0.25) is 10.1 Å². The van der Waals surface area contributed by atoms with Gasteiger partial charge >= 0.3 is 29.6 Å². The van der Waals surface area contributed by atoms with Crippen molar-refractivity contribution in [3.05, 3.63) is 34.4 Å². The van der Waals surface area contributed by atoms with Crippen molar-refractivity contribution < 1.29 is 49.1 Å². The molecule has 0 aliphatic heterocycles. The molecule has 74 valence electrons. The Kier molecular flexibility index (Phi) is 5.92. The van der Waals surface area contributed by atoms with E-state index in [0.717, 1.165) is 6.07 Å². The van der Waals surface area contributed by atoms with Gasteiger partial charge in [-0.1, -0.05) is 6.07 Å². The van der Waals surface area contributed by atoms with Crippen LogP contribution < -0.4 is 39.4 Å². The van der Waals surface area contributed by atoms with Crippen molar-refractivity contribution in [3.63, 3.8) is 0 Å². The van der Waals surface area contributed by atoms with Gasteiger partial charge < -0.3 is 14.6 Å². The number of hydrogen-bond acceptors (Lipinski definition) is 5. The van der Waals surface area contributed by atoms with Crippen molar-refractivity contribution in [2.75, 3.05) is 6.61 Å². The summed E-state index contributed by atoms with van der Waals surface area (Å²) in [6, 6.07) is 5.26. The first-order chi connectivity index (χ1) is 6.59. The van der Waals surface area contributed by atoms with Crippen LogP contribution in [-0.4, -0.2) is 17.5 Å². The van der Waals surface area contributed by atoms with Crippen LogP contribution in [0.3, 0.4) is 0 Å². The van der Waals surface area contributed by atoms with E-state index >= 15 is 0 Å². The smallest absolute Gasteiger partial charge is 0.546 e. The molecule has 0 spiro atoms. The topological polar surface area (TPSA) is 92.5 Å². The van der Waals surface area contributed by atoms with Crippen molar-refractivity contribution in [3.8, 4) is 5.75 Å². The first-order valence-electron chi connectivity index (χ1n) is 3.66. The largest absolute Gasteiger partial charge is 1.00 e. The van der Waals surface area contributed by atoms with E-state index in [1.165, 1.54) is 18.2 Å². The number of hydrogen-bond donors (Lipinski definition) is 0. The Balaban J connectivity index is 0.00000196. The van der Waals surface area contributed by atoms with Gasteiger partial charge in [0.25, 0.3) is 5.69 Å². The third-order valence-corrected chi connectivity index (χ3v) is 1.39. The van der Waals surface area contributed by atoms with Gasteiger partial charge in [0, 0.05) is 6.07 Å². The number of nitro benzene ring substituents is 1. The van der Waals surface area contributed by atoms with Crippen molar-refractivity contribution in [2.24, 2.45) is 0 Å². The van der Waals surface area contributed by atoms with Crippen molar-refractivity contribution in [2.45, 2.75) is 0 Å². The standard InChI is InChI=1S/C8H7NO5.Na/c10-8(11)5-14-7-3-1-2-6(4-7)9(12)13;/h1-4H,5H2,(H,10,11);/q;+1/p-1. The number of nitrogens with zero attached hydrogens (tertiary/aromatic N) is 1. The van der Waals surface area contributed by atoms with Crippen LogP contribution in [0, 0.1) is 10.1 Å². The van der Waals surface area contributed by atoms with E-state index < -0.39 is 17.5 Å². The van der Waals surface area contributed by atoms with E-state index in [9.17, 15) is 20.0 Å². The van der Waals surface area contributed by atoms with Crippen molar-refractivity contribution >= 4 is 11.7 Å². The van der Waals surface area contributed by atoms with Gasteiger partial charge in [-0.15, -0.1) is 0 Å². The normalized spacial score (nSPS) is 8.80. The molecule has 0 saturated heterocycles. The predicted octanol–water partition coefficient (Wildman–Crippen LogP) is -3.27. The second kappa shape index (κ2) is 6.39. The molecule has 1 aromatic carbocycles. The Hall–Kier alpha value is -1.11. The summed E-state index contributed by atoms with van der Waals surface area (Å²) in [4.78, 5) is 19.7. The molecule has 0 amide bonds. The minimum Gasteiger partial charge on any atom is -0.546 e. The minimum atomic E-state index is -1.38. The van der Waals surface area contributed by atoms with Crippen LogP contribution >= 0.6 is 0 Å². The number of ether oxygens (including phenoxy) is 1. The van der Waals surface area contributed by atoms with Gasteiger partial charge in [0.2, 0.25) is 0 Å². The third-order valence-electron chi connectivity index (χ3n) is 1.39. The zero-order chi connectivity index (χ0) is 10.6. The fourth-order valence-electron chi connectivity index (χ4n) is 0.829. The molecule has 0 radical (unpaired) electrons. The molecule has 0 bridgehead atoms. The maximum absolute atomic E-state index is 10.3. The van der Waals surface area contributed by atoms with Gasteiger partial charge in [-0.2, -0.15) is 0 Å². The molecule has 7 heteroatoms. The van der Waals surface area contributed by atoms with Gasteiger partial charge in [-0.05, 0) is 6.07 Å². The molecule has 1 rings (SSSR count). The number of aliphatic carboxylic acids is 1. The number of non-ortho nitro benzene ring substituents is 1. The average molecular weight is 219 g/mol. The van der Waals surface area contributed by atoms with Crippen molar-refractivity contribution in [1.82, 2.24) is 0 Å². The van der Waals surface area contributed by atoms with Gasteiger partial charge in [-0.25, -0.2) is 0 Å². The quantitative estimate of drug-likeness (QED) is 0.301. The summed E-state index contributed by atoms with van der Waals surface area (Å²) < 4.78 is 4.69. The van der Waals surface area contributed by atoms with Crippen LogP contribution in [0.25, 0.3) is 0 Å². The third kappa shape index (κ3) is 4.78. The SMILES string of the molecule is O=C([O-])COc1cccc([N+](=O)[O-])c1.[Na+]. The molecule has 0 heterocycles. The minimum absolute atomic E-state index is 0. The summed E-state index contributed by atoms with van der Waals surface area (Å²) >= 11 is 0. The molecular formula is C8H6NNaO5. The number of carboxylic acid groups (broad SMARTS) is 1. The summed E-state index contributed by atoms with van der Waals surface area (Å²) in [5.41, 5.74) is -0.152. The number of carbonyl (C=O) groups excluding carboxylic acids is 1. The van der Waals surface area contributed by atoms with Crippen LogP contribution in [0.15, 0.2) is 24.3 Å². The van der Waals surface area contributed by atoms with Crippen LogP contribution in [0.2, 0.25) is 0 Å². The van der Waals surface area contributed by atoms with E-state index in [0.29, 0.717) is 0 Å². The predicted molar refractivity (Wildman–Crippen MR) is 43.6 cm³/mol. The fourth-order valence-corrected chi connectivity index (χ4v) is 0.829. The number of carbonyl (C=O) groups is 1. The molecule has 0 aromatic heterocycles. The van der Waals surface area contributed by atoms with Gasteiger partial charge in [0.1, 0.15) is 12.4 Å². The molecular weight excluding hydrogens is 213 g/mol. The fraction of sp³-hybridized carbons (Fsp3) is 0.125. The maximum Gasteiger partial charge on any atom is 1.00 e. The number of benzene rings is 1. The zero-order valence-corrected chi connectivity index (χ0v) is 10.0. The Morgan fingerprint density at radius 3 is 2.67 bits per heavy atom. The number of carboxylic acids is 1. The van der Waals surface area contributed by atoms with Crippen molar-refractivity contribution in [1.29, 1.82) is 0 Å². The Bertz CT molecular complexity index is 368. The second-order valence-corrected chi connectivity index (χ2v) is 2.42. The first-order valence-corrected chi connectivity index (χ1v) is 3.66. The molecule has 6 nitrogen and oxygen atoms in total. The van der Waals surface area contributed by atoms with Crippen LogP contribution in [0.5, 0.6) is 5.75 Å². The van der Waals surface area contributed by atoms with Crippen LogP contribution in [0.1, 0.15) is 0 Å². The molecule has 0 aliphatic carbocycles. The number of rotatable bonds is 4. The number of nitro groups is 1. The molecule has 15 heavy (non-hydrogen) atoms. The summed E-state index contributed by atoms with van der Waals surface area (Å²) in [5.74, 6) is -1.25. The van der Waals surface area contributed by atoms with Gasteiger partial charge in [0.15, 0.2) is 0 Å². The molecule has 0 unspecified atom stereocenters. The summed E-state index contributed by atoms with van der Waals surface area (Å²) in [6.45, 7) is -0.624. The van der Waals surface area contributed by atoms with E-state index in [4.69, 9.17) is 4.74 Å². The van der Waals surface area contributed by atoms with E-state index in [-0.39, 0.29) is 41.0 Å². The molecule has 0 fully saturated rings. The zero-order valence-electron chi connectivity index (χ0n) is 8.00. The Morgan fingerprint density at radius 1 is 1.47 bits per heavy atom. The van der Waals surface area contributed by atoms with Gasteiger partial charge in [0.05, 0.1) is 17.0 Å². The van der Waals surface area contributed by atoms with E-state index in [2.05, 4.69) is 0 Å². The summed E-state index contributed by atoms with van der Waals surface area (Å²) in [5, 5.41) is 20.3. The molecule has 0 saturated carbocycles. The first kappa shape index (κ1) is 13.9. The monoisotopic (exact) mass is 219 g/mol. The van der Waals surface area contributed by atoms with Crippen LogP contribution in [0.4, 0.5) is 5.69 Å². The molecule has 1 aromatic rings. The summed E-state index contributed by atoms with van der Waals surface area (Å²) in [6.07, 6.45) is 0. The molecule has 0 N–H and O–H groups in total. The van der Waals surface area contributed by atoms with Crippen LogP contribution in [-0.2, 0) is 4.79 Å². The van der Waals surface area contributed by atoms with E-state index in [1.54, 1.807) is 0 Å². The average Bonchev–Trinajstić information content (AvgIpc) is 2.15. The second-order valence-electron chi connectivity index (χ2n) is 2.42. The molecule has 0 atom stereocenters. The Labute approximate surface area is 107 Å². The Morgan fingerprint density at radius 2 is 2.13 bits per heavy atom. The molecule has 0 aliphatic rings. The summed E-state index contributed by atoms with van der Waals surface area (Å²) in [7, 11) is 0. The maximum atomic E-state index is 10.3. The van der Waals surface area contributed by atoms with E-state index in [1.807, 2.05) is 0 Å².